The van der Waals surface area contributed by atoms with Crippen molar-refractivity contribution >= 4 is 11.9 Å². The molecule has 1 aromatic carbocycles. The van der Waals surface area contributed by atoms with Crippen molar-refractivity contribution in [2.45, 2.75) is 37.9 Å². The summed E-state index contributed by atoms with van der Waals surface area (Å²) in [7, 11) is 0. The molecule has 1 aromatic rings. The van der Waals surface area contributed by atoms with Crippen LogP contribution in [0.5, 0.6) is 0 Å². The summed E-state index contributed by atoms with van der Waals surface area (Å²) in [6.07, 6.45) is 2.29. The van der Waals surface area contributed by atoms with Crippen LogP contribution >= 0.6 is 0 Å². The molecule has 4 atom stereocenters. The van der Waals surface area contributed by atoms with E-state index in [4.69, 9.17) is 9.84 Å². The molecule has 1 amide bonds. The molecule has 0 saturated carbocycles. The number of likely N-dealkylation sites (tertiary alicyclic amines) is 1. The highest BCUT2D eigenvalue weighted by Gasteiger charge is 2.62. The van der Waals surface area contributed by atoms with E-state index in [-0.39, 0.29) is 35.8 Å². The van der Waals surface area contributed by atoms with Crippen LogP contribution < -0.4 is 5.32 Å². The molecule has 1 spiro atoms. The van der Waals surface area contributed by atoms with E-state index in [0.29, 0.717) is 30.1 Å². The minimum Gasteiger partial charge on any atom is -0.481 e. The summed E-state index contributed by atoms with van der Waals surface area (Å²) in [5, 5.41) is 11.9. The van der Waals surface area contributed by atoms with Crippen molar-refractivity contribution in [3.63, 3.8) is 0 Å². The summed E-state index contributed by atoms with van der Waals surface area (Å²) in [6.45, 7) is 4.31. The number of fused-ring (bicyclic) bond motifs is 1. The van der Waals surface area contributed by atoms with Crippen molar-refractivity contribution in [1.82, 2.24) is 10.2 Å². The van der Waals surface area contributed by atoms with E-state index in [2.05, 4.69) is 10.2 Å². The van der Waals surface area contributed by atoms with E-state index in [1.807, 2.05) is 0 Å². The standard InChI is InChI=1S/C20H25FN2O4/c1-12-8-13(2-3-16(12)21)19(26)22-9-14-15-10-23(7-5-18(24)25)11-20(15)6-4-17(14)27-20/h2-3,8,14-15,17H,4-7,9-11H2,1H3,(H,22,26)(H,24,25)/t14-,15+,17+,20+/m0/s1. The molecule has 146 valence electrons. The average molecular weight is 376 g/mol. The number of nitrogens with zero attached hydrogens (tertiary/aromatic N) is 1. The second kappa shape index (κ2) is 6.87. The molecule has 27 heavy (non-hydrogen) atoms. The van der Waals surface area contributed by atoms with Crippen molar-refractivity contribution in [1.29, 1.82) is 0 Å². The number of amides is 1. The lowest BCUT2D eigenvalue weighted by Gasteiger charge is -2.29. The first-order valence-electron chi connectivity index (χ1n) is 9.54. The first kappa shape index (κ1) is 18.4. The largest absolute Gasteiger partial charge is 0.481 e. The Hall–Kier alpha value is -1.99. The van der Waals surface area contributed by atoms with Gasteiger partial charge in [0, 0.05) is 43.6 Å². The van der Waals surface area contributed by atoms with Gasteiger partial charge in [0.25, 0.3) is 5.91 Å². The van der Waals surface area contributed by atoms with E-state index < -0.39 is 5.97 Å². The van der Waals surface area contributed by atoms with E-state index in [9.17, 15) is 14.0 Å². The molecule has 0 aromatic heterocycles. The number of carbonyl (C=O) groups is 2. The number of hydrogen-bond acceptors (Lipinski definition) is 4. The van der Waals surface area contributed by atoms with Gasteiger partial charge in [-0.05, 0) is 43.5 Å². The summed E-state index contributed by atoms with van der Waals surface area (Å²) in [4.78, 5) is 25.5. The summed E-state index contributed by atoms with van der Waals surface area (Å²) < 4.78 is 19.7. The Bertz CT molecular complexity index is 770. The molecule has 6 nitrogen and oxygen atoms in total. The van der Waals surface area contributed by atoms with Crippen molar-refractivity contribution in [3.05, 3.63) is 35.1 Å². The van der Waals surface area contributed by atoms with Gasteiger partial charge in [-0.25, -0.2) is 4.39 Å². The highest BCUT2D eigenvalue weighted by molar-refractivity contribution is 5.94. The number of aryl methyl sites for hydroxylation is 1. The van der Waals surface area contributed by atoms with Crippen molar-refractivity contribution in [3.8, 4) is 0 Å². The zero-order valence-corrected chi connectivity index (χ0v) is 15.4. The minimum atomic E-state index is -0.784. The van der Waals surface area contributed by atoms with Crippen LogP contribution in [0, 0.1) is 24.6 Å². The Morgan fingerprint density at radius 3 is 3.00 bits per heavy atom. The van der Waals surface area contributed by atoms with Gasteiger partial charge in [0.15, 0.2) is 0 Å². The van der Waals surface area contributed by atoms with Crippen molar-refractivity contribution in [2.24, 2.45) is 11.8 Å². The number of benzene rings is 1. The Morgan fingerprint density at radius 2 is 2.26 bits per heavy atom. The Kier molecular flexibility index (Phi) is 4.68. The fraction of sp³-hybridized carbons (Fsp3) is 0.600. The van der Waals surface area contributed by atoms with Gasteiger partial charge in [0.1, 0.15) is 5.82 Å². The maximum absolute atomic E-state index is 13.4. The molecular weight excluding hydrogens is 351 g/mol. The highest BCUT2D eigenvalue weighted by Crippen LogP contribution is 2.54. The molecule has 3 fully saturated rings. The third-order valence-corrected chi connectivity index (χ3v) is 6.41. The van der Waals surface area contributed by atoms with E-state index >= 15 is 0 Å². The number of carboxylic acid groups (broad SMARTS) is 1. The number of rotatable bonds is 6. The molecule has 2 N–H and O–H groups in total. The van der Waals surface area contributed by atoms with Gasteiger partial charge < -0.3 is 15.2 Å². The van der Waals surface area contributed by atoms with Crippen LogP contribution in [0.4, 0.5) is 4.39 Å². The second-order valence-corrected chi connectivity index (χ2v) is 8.08. The SMILES string of the molecule is Cc1cc(C(=O)NC[C@H]2[C@H]3CN(CCC(=O)O)C[C@]34CC[C@H]2O4)ccc1F. The number of aliphatic carboxylic acids is 1. The van der Waals surface area contributed by atoms with Gasteiger partial charge in [0.05, 0.1) is 18.1 Å². The number of halogens is 1. The molecular formula is C20H25FN2O4. The Labute approximate surface area is 157 Å². The molecule has 4 rings (SSSR count). The van der Waals surface area contributed by atoms with Crippen molar-refractivity contribution in [2.75, 3.05) is 26.2 Å². The molecule has 3 aliphatic rings. The van der Waals surface area contributed by atoms with Crippen LogP contribution in [0.1, 0.15) is 35.2 Å². The zero-order valence-electron chi connectivity index (χ0n) is 15.4. The third-order valence-electron chi connectivity index (χ3n) is 6.41. The lowest BCUT2D eigenvalue weighted by Crippen LogP contribution is -2.41. The first-order valence-corrected chi connectivity index (χ1v) is 9.54. The predicted molar refractivity (Wildman–Crippen MR) is 96.0 cm³/mol. The summed E-state index contributed by atoms with van der Waals surface area (Å²) in [6, 6.07) is 4.38. The maximum atomic E-state index is 13.4. The third kappa shape index (κ3) is 3.34. The van der Waals surface area contributed by atoms with Gasteiger partial charge in [0.2, 0.25) is 0 Å². The summed E-state index contributed by atoms with van der Waals surface area (Å²) in [5.41, 5.74) is 0.738. The molecule has 3 saturated heterocycles. The van der Waals surface area contributed by atoms with Crippen LogP contribution in [0.15, 0.2) is 18.2 Å². The van der Waals surface area contributed by atoms with Gasteiger partial charge in [-0.15, -0.1) is 0 Å². The smallest absolute Gasteiger partial charge is 0.304 e. The molecule has 2 bridgehead atoms. The van der Waals surface area contributed by atoms with Gasteiger partial charge >= 0.3 is 5.97 Å². The fourth-order valence-corrected chi connectivity index (χ4v) is 5.08. The normalized spacial score (nSPS) is 31.9. The van der Waals surface area contributed by atoms with Crippen LogP contribution in [-0.4, -0.2) is 59.8 Å². The van der Waals surface area contributed by atoms with Crippen molar-refractivity contribution < 1.29 is 23.8 Å². The van der Waals surface area contributed by atoms with E-state index in [1.54, 1.807) is 13.0 Å². The average Bonchev–Trinajstić information content (AvgIpc) is 3.28. The predicted octanol–water partition coefficient (Wildman–Crippen LogP) is 1.82. The quantitative estimate of drug-likeness (QED) is 0.792. The summed E-state index contributed by atoms with van der Waals surface area (Å²) in [5.74, 6) is -0.745. The first-order chi connectivity index (χ1) is 12.9. The fourth-order valence-electron chi connectivity index (χ4n) is 5.08. The minimum absolute atomic E-state index is 0.136. The van der Waals surface area contributed by atoms with Crippen LogP contribution in [0.3, 0.4) is 0 Å². The number of carbonyl (C=O) groups excluding carboxylic acids is 1. The monoisotopic (exact) mass is 376 g/mol. The van der Waals surface area contributed by atoms with E-state index in [1.165, 1.54) is 12.1 Å². The topological polar surface area (TPSA) is 78.9 Å². The zero-order chi connectivity index (χ0) is 19.2. The Morgan fingerprint density at radius 1 is 1.44 bits per heavy atom. The Balaban J connectivity index is 1.39. The van der Waals surface area contributed by atoms with Crippen LogP contribution in [-0.2, 0) is 9.53 Å². The number of carboxylic acids is 1. The highest BCUT2D eigenvalue weighted by atomic mass is 19.1. The molecule has 0 radical (unpaired) electrons. The van der Waals surface area contributed by atoms with Crippen LogP contribution in [0.25, 0.3) is 0 Å². The van der Waals surface area contributed by atoms with E-state index in [0.717, 1.165) is 25.9 Å². The van der Waals surface area contributed by atoms with Gasteiger partial charge in [-0.1, -0.05) is 0 Å². The van der Waals surface area contributed by atoms with Gasteiger partial charge in [-0.2, -0.15) is 0 Å². The number of ether oxygens (including phenoxy) is 1. The molecule has 7 heteroatoms. The maximum Gasteiger partial charge on any atom is 0.304 e. The molecule has 3 aliphatic heterocycles. The molecule has 3 heterocycles. The number of nitrogens with one attached hydrogen (secondary N) is 1. The van der Waals surface area contributed by atoms with Crippen LogP contribution in [0.2, 0.25) is 0 Å². The molecule has 0 unspecified atom stereocenters. The van der Waals surface area contributed by atoms with Gasteiger partial charge in [-0.3, -0.25) is 14.5 Å². The lowest BCUT2D eigenvalue weighted by atomic mass is 9.73. The lowest BCUT2D eigenvalue weighted by molar-refractivity contribution is -0.137. The molecule has 0 aliphatic carbocycles. The number of hydrogen-bond donors (Lipinski definition) is 2. The summed E-state index contributed by atoms with van der Waals surface area (Å²) >= 11 is 0. The second-order valence-electron chi connectivity index (χ2n) is 8.08.